The van der Waals surface area contributed by atoms with E-state index in [-0.39, 0.29) is 17.7 Å². The molecule has 2 fully saturated rings. The van der Waals surface area contributed by atoms with E-state index in [2.05, 4.69) is 15.2 Å². The number of carbonyl (C=O) groups is 3. The number of aromatic nitrogens is 1. The fraction of sp³-hybridized carbons (Fsp3) is 0.391. The molecule has 168 valence electrons. The van der Waals surface area contributed by atoms with Crippen LogP contribution in [0.1, 0.15) is 25.5 Å². The zero-order chi connectivity index (χ0) is 22.5. The van der Waals surface area contributed by atoms with Gasteiger partial charge < -0.3 is 10.2 Å². The van der Waals surface area contributed by atoms with Crippen LogP contribution in [0.3, 0.4) is 0 Å². The molecule has 8 nitrogen and oxygen atoms in total. The summed E-state index contributed by atoms with van der Waals surface area (Å²) >= 11 is 1.36. The zero-order valence-corrected chi connectivity index (χ0v) is 18.9. The second-order valence-corrected chi connectivity index (χ2v) is 8.86. The Hall–Kier alpha value is -3.04. The van der Waals surface area contributed by atoms with Crippen molar-refractivity contribution in [1.29, 1.82) is 0 Å². The fourth-order valence-electron chi connectivity index (χ4n) is 3.55. The third kappa shape index (κ3) is 5.80. The third-order valence-corrected chi connectivity index (χ3v) is 6.26. The highest BCUT2D eigenvalue weighted by Crippen LogP contribution is 2.29. The summed E-state index contributed by atoms with van der Waals surface area (Å²) in [5.74, 6) is -0.129. The highest BCUT2D eigenvalue weighted by molar-refractivity contribution is 7.14. The lowest BCUT2D eigenvalue weighted by molar-refractivity contribution is -0.128. The first kappa shape index (κ1) is 22.2. The summed E-state index contributed by atoms with van der Waals surface area (Å²) < 4.78 is 0. The van der Waals surface area contributed by atoms with E-state index in [1.807, 2.05) is 35.7 Å². The normalized spacial score (nSPS) is 16.8. The number of piperazine rings is 1. The number of thiazole rings is 1. The maximum Gasteiger partial charge on any atom is 0.246 e. The Bertz CT molecular complexity index is 994. The predicted octanol–water partition coefficient (Wildman–Crippen LogP) is 2.26. The average molecular weight is 454 g/mol. The third-order valence-electron chi connectivity index (χ3n) is 5.42. The van der Waals surface area contributed by atoms with E-state index in [1.54, 1.807) is 15.9 Å². The van der Waals surface area contributed by atoms with Crippen molar-refractivity contribution in [2.75, 3.05) is 37.6 Å². The van der Waals surface area contributed by atoms with Gasteiger partial charge in [0.05, 0.1) is 17.9 Å². The van der Waals surface area contributed by atoms with E-state index in [9.17, 15) is 14.4 Å². The van der Waals surface area contributed by atoms with E-state index in [0.717, 1.165) is 18.5 Å². The molecule has 0 radical (unpaired) electrons. The van der Waals surface area contributed by atoms with Crippen molar-refractivity contribution in [2.24, 2.45) is 0 Å². The van der Waals surface area contributed by atoms with Gasteiger partial charge in [0.15, 0.2) is 5.13 Å². The average Bonchev–Trinajstić information content (AvgIpc) is 3.48. The predicted molar refractivity (Wildman–Crippen MR) is 125 cm³/mol. The first-order valence-corrected chi connectivity index (χ1v) is 11.7. The Labute approximate surface area is 191 Å². The van der Waals surface area contributed by atoms with Crippen LogP contribution < -0.4 is 10.2 Å². The van der Waals surface area contributed by atoms with Crippen LogP contribution in [0.15, 0.2) is 41.8 Å². The molecule has 0 bridgehead atoms. The van der Waals surface area contributed by atoms with Gasteiger partial charge in [0.1, 0.15) is 0 Å². The molecule has 0 atom stereocenters. The number of anilines is 2. The minimum absolute atomic E-state index is 0.0709. The van der Waals surface area contributed by atoms with Crippen molar-refractivity contribution in [3.05, 3.63) is 47.5 Å². The maximum atomic E-state index is 12.6. The number of hydrogen-bond acceptors (Lipinski definition) is 6. The maximum absolute atomic E-state index is 12.6. The molecule has 1 aromatic heterocycles. The van der Waals surface area contributed by atoms with Gasteiger partial charge in [-0.05, 0) is 31.1 Å². The summed E-state index contributed by atoms with van der Waals surface area (Å²) in [7, 11) is 0. The highest BCUT2D eigenvalue weighted by atomic mass is 32.1. The molecular weight excluding hydrogens is 426 g/mol. The molecule has 0 unspecified atom stereocenters. The molecule has 0 spiro atoms. The molecule has 1 aromatic carbocycles. The van der Waals surface area contributed by atoms with Gasteiger partial charge in [0.25, 0.3) is 0 Å². The Morgan fingerprint density at radius 2 is 1.88 bits per heavy atom. The van der Waals surface area contributed by atoms with Gasteiger partial charge >= 0.3 is 0 Å². The van der Waals surface area contributed by atoms with Crippen molar-refractivity contribution >= 4 is 46.0 Å². The van der Waals surface area contributed by atoms with Crippen molar-refractivity contribution in [3.8, 4) is 0 Å². The SMILES string of the molecule is CC(=O)N(c1ccccc1)c1nc(/C=C/C(=O)N2CCN(CC(=O)NC3CC3)CC2)cs1. The number of amides is 3. The van der Waals surface area contributed by atoms with Crippen LogP contribution in [0.4, 0.5) is 10.8 Å². The van der Waals surface area contributed by atoms with Crippen molar-refractivity contribution < 1.29 is 14.4 Å². The molecule has 3 amide bonds. The molecule has 2 heterocycles. The number of nitrogens with one attached hydrogen (secondary N) is 1. The molecule has 32 heavy (non-hydrogen) atoms. The van der Waals surface area contributed by atoms with Crippen molar-refractivity contribution in [1.82, 2.24) is 20.1 Å². The number of hydrogen-bond donors (Lipinski definition) is 1. The lowest BCUT2D eigenvalue weighted by Crippen LogP contribution is -2.51. The molecule has 1 saturated heterocycles. The molecule has 1 saturated carbocycles. The van der Waals surface area contributed by atoms with Crippen molar-refractivity contribution in [2.45, 2.75) is 25.8 Å². The van der Waals surface area contributed by atoms with Crippen LogP contribution in [0.25, 0.3) is 6.08 Å². The topological polar surface area (TPSA) is 85.9 Å². The molecule has 9 heteroatoms. The van der Waals surface area contributed by atoms with E-state index in [1.165, 1.54) is 24.3 Å². The minimum Gasteiger partial charge on any atom is -0.352 e. The van der Waals surface area contributed by atoms with Gasteiger partial charge in [-0.3, -0.25) is 24.2 Å². The van der Waals surface area contributed by atoms with Crippen LogP contribution in [-0.2, 0) is 14.4 Å². The summed E-state index contributed by atoms with van der Waals surface area (Å²) in [6.45, 7) is 4.45. The lowest BCUT2D eigenvalue weighted by atomic mass is 10.3. The number of benzene rings is 1. The number of carbonyl (C=O) groups excluding carboxylic acids is 3. The quantitative estimate of drug-likeness (QED) is 0.650. The molecule has 1 aliphatic carbocycles. The monoisotopic (exact) mass is 453 g/mol. The van der Waals surface area contributed by atoms with Crippen LogP contribution in [-0.4, -0.2) is 71.3 Å². The van der Waals surface area contributed by atoms with Gasteiger partial charge in [0.2, 0.25) is 17.7 Å². The van der Waals surface area contributed by atoms with Crippen molar-refractivity contribution in [3.63, 3.8) is 0 Å². The second-order valence-electron chi connectivity index (χ2n) is 8.02. The van der Waals surface area contributed by atoms with E-state index < -0.39 is 0 Å². The number of nitrogens with zero attached hydrogens (tertiary/aromatic N) is 4. The highest BCUT2D eigenvalue weighted by Gasteiger charge is 2.26. The Morgan fingerprint density at radius 1 is 1.16 bits per heavy atom. The fourth-order valence-corrected chi connectivity index (χ4v) is 4.41. The number of rotatable bonds is 7. The lowest BCUT2D eigenvalue weighted by Gasteiger charge is -2.33. The summed E-state index contributed by atoms with van der Waals surface area (Å²) in [5.41, 5.74) is 1.39. The molecule has 1 N–H and O–H groups in total. The Balaban J connectivity index is 1.30. The number of para-hydroxylation sites is 1. The molecular formula is C23H27N5O3S. The van der Waals surface area contributed by atoms with Crippen LogP contribution in [0.2, 0.25) is 0 Å². The van der Waals surface area contributed by atoms with E-state index in [4.69, 9.17) is 0 Å². The van der Waals surface area contributed by atoms with Crippen LogP contribution >= 0.6 is 11.3 Å². The minimum atomic E-state index is -0.124. The largest absolute Gasteiger partial charge is 0.352 e. The van der Waals surface area contributed by atoms with Gasteiger partial charge in [-0.1, -0.05) is 18.2 Å². The summed E-state index contributed by atoms with van der Waals surface area (Å²) in [4.78, 5) is 46.6. The first-order valence-electron chi connectivity index (χ1n) is 10.8. The first-order chi connectivity index (χ1) is 15.5. The molecule has 2 aromatic rings. The summed E-state index contributed by atoms with van der Waals surface area (Å²) in [6.07, 6.45) is 5.37. The smallest absolute Gasteiger partial charge is 0.246 e. The summed E-state index contributed by atoms with van der Waals surface area (Å²) in [5, 5.41) is 5.39. The zero-order valence-electron chi connectivity index (χ0n) is 18.1. The van der Waals surface area contributed by atoms with E-state index >= 15 is 0 Å². The molecule has 2 aliphatic rings. The Kier molecular flexibility index (Phi) is 6.96. The Morgan fingerprint density at radius 3 is 2.53 bits per heavy atom. The van der Waals surface area contributed by atoms with Crippen LogP contribution in [0.5, 0.6) is 0 Å². The van der Waals surface area contributed by atoms with Gasteiger partial charge in [-0.2, -0.15) is 0 Å². The van der Waals surface area contributed by atoms with Crippen LogP contribution in [0, 0.1) is 0 Å². The molecule has 1 aliphatic heterocycles. The molecule has 4 rings (SSSR count). The van der Waals surface area contributed by atoms with Gasteiger partial charge in [-0.25, -0.2) is 4.98 Å². The van der Waals surface area contributed by atoms with Gasteiger partial charge in [-0.15, -0.1) is 11.3 Å². The standard InChI is InChI=1S/C23H27N5O3S/c1-17(29)28(20-5-3-2-4-6-20)23-25-19(16-32-23)9-10-22(31)27-13-11-26(12-14-27)15-21(30)24-18-7-8-18/h2-6,9-10,16,18H,7-8,11-15H2,1H3,(H,24,30)/b10-9+. The van der Waals surface area contributed by atoms with Gasteiger partial charge in [0, 0.05) is 50.6 Å². The van der Waals surface area contributed by atoms with E-state index in [0.29, 0.717) is 49.6 Å². The second kappa shape index (κ2) is 10.1. The summed E-state index contributed by atoms with van der Waals surface area (Å²) in [6, 6.07) is 9.73.